The van der Waals surface area contributed by atoms with Crippen LogP contribution in [0.4, 0.5) is 5.69 Å². The van der Waals surface area contributed by atoms with Crippen LogP contribution in [0.3, 0.4) is 0 Å². The Morgan fingerprint density at radius 3 is 2.42 bits per heavy atom. The highest BCUT2D eigenvalue weighted by Gasteiger charge is 2.15. The number of nitrogens with zero attached hydrogens (tertiary/aromatic N) is 2. The van der Waals surface area contributed by atoms with E-state index in [4.69, 9.17) is 11.6 Å². The molecule has 19 heavy (non-hydrogen) atoms. The number of para-hydroxylation sites is 1. The summed E-state index contributed by atoms with van der Waals surface area (Å²) in [7, 11) is 4.21. The van der Waals surface area contributed by atoms with E-state index in [1.807, 2.05) is 12.1 Å². The monoisotopic (exact) mass is 346 g/mol. The van der Waals surface area contributed by atoms with Crippen molar-refractivity contribution in [3.8, 4) is 0 Å². The van der Waals surface area contributed by atoms with E-state index >= 15 is 0 Å². The molecule has 108 valence electrons. The fourth-order valence-corrected chi connectivity index (χ4v) is 2.84. The topological polar surface area (TPSA) is 6.48 Å². The van der Waals surface area contributed by atoms with Crippen LogP contribution in [0.5, 0.6) is 0 Å². The second-order valence-electron chi connectivity index (χ2n) is 5.52. The molecule has 0 amide bonds. The molecule has 1 rings (SSSR count). The van der Waals surface area contributed by atoms with Gasteiger partial charge in [-0.25, -0.2) is 0 Å². The second kappa shape index (κ2) is 8.13. The third kappa shape index (κ3) is 5.33. The van der Waals surface area contributed by atoms with Gasteiger partial charge in [-0.05, 0) is 31.6 Å². The summed E-state index contributed by atoms with van der Waals surface area (Å²) in [6, 6.07) is 6.13. The highest BCUT2D eigenvalue weighted by molar-refractivity contribution is 9.08. The van der Waals surface area contributed by atoms with Gasteiger partial charge < -0.3 is 9.80 Å². The van der Waals surface area contributed by atoms with Crippen molar-refractivity contribution in [1.29, 1.82) is 0 Å². The van der Waals surface area contributed by atoms with Crippen molar-refractivity contribution in [3.63, 3.8) is 0 Å². The van der Waals surface area contributed by atoms with Crippen molar-refractivity contribution in [2.75, 3.05) is 38.6 Å². The predicted octanol–water partition coefficient (Wildman–Crippen LogP) is 4.26. The number of likely N-dealkylation sites (N-methyl/N-ethyl adjacent to an activating group) is 1. The average Bonchev–Trinajstić information content (AvgIpc) is 2.33. The molecule has 0 bridgehead atoms. The predicted molar refractivity (Wildman–Crippen MR) is 89.7 cm³/mol. The van der Waals surface area contributed by atoms with Crippen LogP contribution in [0.2, 0.25) is 5.02 Å². The molecule has 1 aromatic rings. The fourth-order valence-electron chi connectivity index (χ4n) is 2.08. The van der Waals surface area contributed by atoms with Gasteiger partial charge in [-0.15, -0.1) is 0 Å². The average molecular weight is 348 g/mol. The Morgan fingerprint density at radius 2 is 1.89 bits per heavy atom. The van der Waals surface area contributed by atoms with Gasteiger partial charge in [-0.1, -0.05) is 53.5 Å². The number of benzene rings is 1. The fraction of sp³-hybridized carbons (Fsp3) is 0.600. The molecule has 0 aliphatic rings. The van der Waals surface area contributed by atoms with Crippen LogP contribution in [-0.2, 0) is 5.33 Å². The summed E-state index contributed by atoms with van der Waals surface area (Å²) in [6.45, 7) is 7.53. The van der Waals surface area contributed by atoms with Gasteiger partial charge in [0.25, 0.3) is 0 Å². The molecule has 2 nitrogen and oxygen atoms in total. The minimum absolute atomic E-state index is 0.613. The summed E-state index contributed by atoms with van der Waals surface area (Å²) in [5.41, 5.74) is 2.43. The van der Waals surface area contributed by atoms with Crippen molar-refractivity contribution in [2.45, 2.75) is 19.2 Å². The molecule has 4 heteroatoms. The van der Waals surface area contributed by atoms with Crippen LogP contribution in [0, 0.1) is 5.92 Å². The zero-order chi connectivity index (χ0) is 14.4. The van der Waals surface area contributed by atoms with Crippen LogP contribution in [-0.4, -0.2) is 38.6 Å². The highest BCUT2D eigenvalue weighted by atomic mass is 79.9. The number of halogens is 2. The summed E-state index contributed by atoms with van der Waals surface area (Å²) in [4.78, 5) is 4.61. The summed E-state index contributed by atoms with van der Waals surface area (Å²) < 4.78 is 0. The summed E-state index contributed by atoms with van der Waals surface area (Å²) in [6.07, 6.45) is 0. The van der Waals surface area contributed by atoms with Gasteiger partial charge in [0.05, 0.1) is 10.7 Å². The second-order valence-corrected chi connectivity index (χ2v) is 6.49. The first kappa shape index (κ1) is 16.8. The van der Waals surface area contributed by atoms with Gasteiger partial charge in [0.15, 0.2) is 0 Å². The van der Waals surface area contributed by atoms with Gasteiger partial charge in [-0.3, -0.25) is 0 Å². The SMILES string of the molecule is CC(C)CN(CCN(C)C)c1c(Cl)cccc1CBr. The Bertz CT molecular complexity index is 394. The van der Waals surface area contributed by atoms with Crippen LogP contribution < -0.4 is 4.90 Å². The van der Waals surface area contributed by atoms with Crippen LogP contribution >= 0.6 is 27.5 Å². The standard InChI is InChI=1S/C15H24BrClN2/c1-12(2)11-19(9-8-18(3)4)15-13(10-16)6-5-7-14(15)17/h5-7,12H,8-11H2,1-4H3. The maximum atomic E-state index is 6.43. The minimum Gasteiger partial charge on any atom is -0.369 e. The molecule has 0 unspecified atom stereocenters. The Balaban J connectivity index is 3.01. The lowest BCUT2D eigenvalue weighted by Gasteiger charge is -2.30. The number of alkyl halides is 1. The van der Waals surface area contributed by atoms with Crippen LogP contribution in [0.25, 0.3) is 0 Å². The van der Waals surface area contributed by atoms with E-state index in [0.717, 1.165) is 30.0 Å². The van der Waals surface area contributed by atoms with Crippen molar-refractivity contribution >= 4 is 33.2 Å². The van der Waals surface area contributed by atoms with Gasteiger partial charge >= 0.3 is 0 Å². The van der Waals surface area contributed by atoms with E-state index < -0.39 is 0 Å². The molecule has 1 aromatic carbocycles. The molecule has 0 saturated heterocycles. The van der Waals surface area contributed by atoms with Crippen molar-refractivity contribution in [2.24, 2.45) is 5.92 Å². The lowest BCUT2D eigenvalue weighted by Crippen LogP contribution is -2.35. The molecular formula is C15H24BrClN2. The molecule has 0 heterocycles. The number of anilines is 1. The molecule has 0 aliphatic heterocycles. The molecule has 0 radical (unpaired) electrons. The lowest BCUT2D eigenvalue weighted by atomic mass is 10.1. The van der Waals surface area contributed by atoms with Gasteiger partial charge in [0.2, 0.25) is 0 Å². The maximum Gasteiger partial charge on any atom is 0.0642 e. The van der Waals surface area contributed by atoms with E-state index in [9.17, 15) is 0 Å². The summed E-state index contributed by atoms with van der Waals surface area (Å²) in [5.74, 6) is 0.613. The van der Waals surface area contributed by atoms with Gasteiger partial charge in [-0.2, -0.15) is 0 Å². The van der Waals surface area contributed by atoms with Crippen LogP contribution in [0.1, 0.15) is 19.4 Å². The van der Waals surface area contributed by atoms with Gasteiger partial charge in [0, 0.05) is 25.0 Å². The Hall–Kier alpha value is -0.250. The summed E-state index contributed by atoms with van der Waals surface area (Å²) >= 11 is 9.99. The molecule has 0 aliphatic carbocycles. The quantitative estimate of drug-likeness (QED) is 0.680. The molecule has 0 spiro atoms. The van der Waals surface area contributed by atoms with Crippen molar-refractivity contribution in [3.05, 3.63) is 28.8 Å². The van der Waals surface area contributed by atoms with E-state index in [1.54, 1.807) is 0 Å². The molecule has 0 atom stereocenters. The van der Waals surface area contributed by atoms with E-state index in [2.05, 4.69) is 59.7 Å². The normalized spacial score (nSPS) is 11.4. The van der Waals surface area contributed by atoms with E-state index in [1.165, 1.54) is 11.3 Å². The maximum absolute atomic E-state index is 6.43. The molecule has 0 aromatic heterocycles. The van der Waals surface area contributed by atoms with Crippen LogP contribution in [0.15, 0.2) is 18.2 Å². The zero-order valence-electron chi connectivity index (χ0n) is 12.3. The first-order valence-corrected chi connectivity index (χ1v) is 8.18. The molecular weight excluding hydrogens is 324 g/mol. The Labute approximate surface area is 130 Å². The smallest absolute Gasteiger partial charge is 0.0642 e. The zero-order valence-corrected chi connectivity index (χ0v) is 14.6. The number of hydrogen-bond acceptors (Lipinski definition) is 2. The third-order valence-corrected chi connectivity index (χ3v) is 3.84. The number of rotatable bonds is 7. The van der Waals surface area contributed by atoms with E-state index in [0.29, 0.717) is 5.92 Å². The first-order chi connectivity index (χ1) is 8.95. The highest BCUT2D eigenvalue weighted by Crippen LogP contribution is 2.31. The Kier molecular flexibility index (Phi) is 7.19. The lowest BCUT2D eigenvalue weighted by molar-refractivity contribution is 0.409. The first-order valence-electron chi connectivity index (χ1n) is 6.68. The summed E-state index contributed by atoms with van der Waals surface area (Å²) in [5, 5.41) is 1.68. The largest absolute Gasteiger partial charge is 0.369 e. The van der Waals surface area contributed by atoms with Gasteiger partial charge in [0.1, 0.15) is 0 Å². The van der Waals surface area contributed by atoms with Crippen molar-refractivity contribution < 1.29 is 0 Å². The molecule has 0 fully saturated rings. The minimum atomic E-state index is 0.613. The molecule has 0 N–H and O–H groups in total. The molecule has 0 saturated carbocycles. The Morgan fingerprint density at radius 1 is 1.21 bits per heavy atom. The van der Waals surface area contributed by atoms with Crippen molar-refractivity contribution in [1.82, 2.24) is 4.90 Å². The van der Waals surface area contributed by atoms with E-state index in [-0.39, 0.29) is 0 Å². The third-order valence-electron chi connectivity index (χ3n) is 2.93. The number of hydrogen-bond donors (Lipinski definition) is 0.